The lowest BCUT2D eigenvalue weighted by Gasteiger charge is -2.10. The molecular weight excluding hydrogens is 504 g/mol. The van der Waals surface area contributed by atoms with Crippen LogP contribution in [0.3, 0.4) is 0 Å². The van der Waals surface area contributed by atoms with Crippen molar-refractivity contribution in [2.45, 2.75) is 6.54 Å². The van der Waals surface area contributed by atoms with Crippen LogP contribution in [-0.4, -0.2) is 46.8 Å². The number of benzene rings is 3. The first-order chi connectivity index (χ1) is 18.8. The quantitative estimate of drug-likeness (QED) is 0.213. The topological polar surface area (TPSA) is 152 Å². The normalized spacial score (nSPS) is 11.5. The number of hydrogen-bond acceptors (Lipinski definition) is 7. The molecule has 0 spiro atoms. The van der Waals surface area contributed by atoms with Crippen LogP contribution < -0.4 is 14.8 Å². The summed E-state index contributed by atoms with van der Waals surface area (Å²) in [6.07, 6.45) is 1.40. The lowest BCUT2D eigenvalue weighted by Crippen LogP contribution is -2.26. The Hall–Kier alpha value is -5.45. The highest BCUT2D eigenvalue weighted by Crippen LogP contribution is 2.38. The number of rotatable bonds is 9. The van der Waals surface area contributed by atoms with E-state index in [1.54, 1.807) is 72.8 Å². The van der Waals surface area contributed by atoms with Crippen molar-refractivity contribution in [3.63, 3.8) is 0 Å². The number of aromatic nitrogens is 1. The molecule has 0 saturated carbocycles. The molecule has 11 heteroatoms. The summed E-state index contributed by atoms with van der Waals surface area (Å²) in [5.41, 5.74) is 0.932. The molecule has 0 aliphatic heterocycles. The fourth-order valence-electron chi connectivity index (χ4n) is 3.86. The number of amides is 2. The molecule has 0 radical (unpaired) electrons. The summed E-state index contributed by atoms with van der Waals surface area (Å²) in [6.45, 7) is -0.520. The van der Waals surface area contributed by atoms with E-state index in [2.05, 4.69) is 15.5 Å². The van der Waals surface area contributed by atoms with Crippen molar-refractivity contribution in [1.29, 1.82) is 0 Å². The molecule has 0 aliphatic carbocycles. The van der Waals surface area contributed by atoms with Crippen LogP contribution in [-0.2, 0) is 16.1 Å². The maximum atomic E-state index is 13.2. The number of carboxylic acid groups (broad SMARTS) is 1. The summed E-state index contributed by atoms with van der Waals surface area (Å²) in [5.74, 6) is -2.22. The second-order valence-electron chi connectivity index (χ2n) is 8.17. The van der Waals surface area contributed by atoms with Crippen molar-refractivity contribution in [3.8, 4) is 17.4 Å². The molecule has 0 aliphatic rings. The summed E-state index contributed by atoms with van der Waals surface area (Å²) < 4.78 is 11.7. The maximum absolute atomic E-state index is 13.2. The Kier molecular flexibility index (Phi) is 8.00. The Morgan fingerprint density at radius 3 is 2.33 bits per heavy atom. The molecule has 1 heterocycles. The van der Waals surface area contributed by atoms with Gasteiger partial charge in [0.15, 0.2) is 17.2 Å². The standard InChI is InChI=1S/C28H24N4O7/c1-38-22-13-12-17(15-23(22)39-2)14-20(29-26(35)18-8-4-3-5-9-18)27(36)31-30-25-19-10-6-7-11-21(19)32(28(25)37)16-24(33)34/h3-15,37H,16H2,1-2H3,(H,29,35)(H,33,34). The van der Waals surface area contributed by atoms with Gasteiger partial charge in [0.25, 0.3) is 5.91 Å². The van der Waals surface area contributed by atoms with E-state index in [9.17, 15) is 24.6 Å². The number of fused-ring (bicyclic) bond motifs is 1. The summed E-state index contributed by atoms with van der Waals surface area (Å²) in [6, 6.07) is 19.8. The number of nitrogens with zero attached hydrogens (tertiary/aromatic N) is 3. The van der Waals surface area contributed by atoms with E-state index in [4.69, 9.17) is 9.47 Å². The van der Waals surface area contributed by atoms with E-state index < -0.39 is 30.2 Å². The van der Waals surface area contributed by atoms with E-state index in [1.165, 1.54) is 20.3 Å². The number of azo groups is 1. The zero-order valence-corrected chi connectivity index (χ0v) is 21.0. The van der Waals surface area contributed by atoms with Crippen LogP contribution in [0.2, 0.25) is 0 Å². The van der Waals surface area contributed by atoms with Crippen LogP contribution in [0, 0.1) is 0 Å². The van der Waals surface area contributed by atoms with Crippen molar-refractivity contribution in [3.05, 3.63) is 89.6 Å². The SMILES string of the molecule is COc1ccc(C=C(NC(=O)c2ccccc2)C(=O)N=Nc2c(O)n(CC(=O)O)c3ccccc23)cc1OC. The molecule has 0 bridgehead atoms. The minimum absolute atomic E-state index is 0.0833. The largest absolute Gasteiger partial charge is 0.493 e. The minimum atomic E-state index is -1.17. The van der Waals surface area contributed by atoms with Crippen molar-refractivity contribution < 1.29 is 34.1 Å². The van der Waals surface area contributed by atoms with E-state index in [-0.39, 0.29) is 11.4 Å². The third kappa shape index (κ3) is 5.93. The van der Waals surface area contributed by atoms with Crippen LogP contribution in [0.15, 0.2) is 88.7 Å². The first-order valence-electron chi connectivity index (χ1n) is 11.6. The molecule has 39 heavy (non-hydrogen) atoms. The van der Waals surface area contributed by atoms with E-state index >= 15 is 0 Å². The summed E-state index contributed by atoms with van der Waals surface area (Å²) in [4.78, 5) is 37.4. The molecule has 4 rings (SSSR count). The fraction of sp³-hybridized carbons (Fsp3) is 0.107. The Labute approximate surface area is 222 Å². The molecule has 198 valence electrons. The Morgan fingerprint density at radius 2 is 1.64 bits per heavy atom. The smallest absolute Gasteiger partial charge is 0.323 e. The molecule has 0 atom stereocenters. The molecule has 11 nitrogen and oxygen atoms in total. The van der Waals surface area contributed by atoms with Gasteiger partial charge in [-0.05, 0) is 42.0 Å². The van der Waals surface area contributed by atoms with Gasteiger partial charge in [-0.15, -0.1) is 10.2 Å². The molecule has 3 aromatic carbocycles. The number of carbonyl (C=O) groups excluding carboxylic acids is 2. The molecule has 1 aromatic heterocycles. The van der Waals surface area contributed by atoms with Gasteiger partial charge >= 0.3 is 11.9 Å². The third-order valence-corrected chi connectivity index (χ3v) is 5.68. The van der Waals surface area contributed by atoms with Crippen LogP contribution in [0.5, 0.6) is 17.4 Å². The monoisotopic (exact) mass is 528 g/mol. The number of para-hydroxylation sites is 1. The van der Waals surface area contributed by atoms with E-state index in [0.717, 1.165) is 4.57 Å². The molecule has 0 fully saturated rings. The number of aromatic hydroxyl groups is 1. The van der Waals surface area contributed by atoms with E-state index in [1.807, 2.05) is 0 Å². The van der Waals surface area contributed by atoms with Crippen molar-refractivity contribution in [2.75, 3.05) is 14.2 Å². The Morgan fingerprint density at radius 1 is 0.949 bits per heavy atom. The highest BCUT2D eigenvalue weighted by Gasteiger charge is 2.20. The van der Waals surface area contributed by atoms with Gasteiger partial charge in [-0.2, -0.15) is 0 Å². The van der Waals surface area contributed by atoms with Gasteiger partial charge in [-0.3, -0.25) is 19.0 Å². The Balaban J connectivity index is 1.73. The highest BCUT2D eigenvalue weighted by molar-refractivity contribution is 6.06. The minimum Gasteiger partial charge on any atom is -0.493 e. The highest BCUT2D eigenvalue weighted by atomic mass is 16.5. The van der Waals surface area contributed by atoms with Crippen LogP contribution >= 0.6 is 0 Å². The van der Waals surface area contributed by atoms with Crippen molar-refractivity contribution in [2.24, 2.45) is 10.2 Å². The number of ether oxygens (including phenoxy) is 2. The fourth-order valence-corrected chi connectivity index (χ4v) is 3.86. The summed E-state index contributed by atoms with van der Waals surface area (Å²) in [5, 5.41) is 30.6. The average Bonchev–Trinajstić information content (AvgIpc) is 3.21. The molecule has 2 amide bonds. The molecule has 3 N–H and O–H groups in total. The number of carbonyl (C=O) groups is 3. The number of methoxy groups -OCH3 is 2. The van der Waals surface area contributed by atoms with Crippen LogP contribution in [0.25, 0.3) is 17.0 Å². The maximum Gasteiger partial charge on any atom is 0.323 e. The van der Waals surface area contributed by atoms with Gasteiger partial charge in [0.1, 0.15) is 12.2 Å². The summed E-state index contributed by atoms with van der Waals surface area (Å²) >= 11 is 0. The lowest BCUT2D eigenvalue weighted by molar-refractivity contribution is -0.137. The van der Waals surface area contributed by atoms with Crippen molar-refractivity contribution in [1.82, 2.24) is 9.88 Å². The van der Waals surface area contributed by atoms with Gasteiger partial charge in [-0.1, -0.05) is 42.5 Å². The second-order valence-corrected chi connectivity index (χ2v) is 8.17. The second kappa shape index (κ2) is 11.7. The molecule has 0 saturated heterocycles. The van der Waals surface area contributed by atoms with Crippen molar-refractivity contribution >= 4 is 40.4 Å². The number of aliphatic carboxylic acids is 1. The zero-order chi connectivity index (χ0) is 27.9. The van der Waals surface area contributed by atoms with Gasteiger partial charge < -0.3 is 25.0 Å². The number of nitrogens with one attached hydrogen (secondary N) is 1. The van der Waals surface area contributed by atoms with E-state index in [0.29, 0.717) is 33.5 Å². The third-order valence-electron chi connectivity index (χ3n) is 5.68. The molecule has 4 aromatic rings. The zero-order valence-electron chi connectivity index (χ0n) is 21.0. The van der Waals surface area contributed by atoms with Gasteiger partial charge in [0.2, 0.25) is 5.88 Å². The number of hydrogen-bond donors (Lipinski definition) is 3. The average molecular weight is 529 g/mol. The summed E-state index contributed by atoms with van der Waals surface area (Å²) in [7, 11) is 2.96. The Bertz CT molecular complexity index is 1610. The molecule has 0 unspecified atom stereocenters. The number of carboxylic acids is 1. The van der Waals surface area contributed by atoms with Gasteiger partial charge in [-0.25, -0.2) is 0 Å². The molecular formula is C28H24N4O7. The first-order valence-corrected chi connectivity index (χ1v) is 11.6. The van der Waals surface area contributed by atoms with Gasteiger partial charge in [0, 0.05) is 10.9 Å². The predicted octanol–water partition coefficient (Wildman–Crippen LogP) is 4.53. The first kappa shape index (κ1) is 26.6. The van der Waals surface area contributed by atoms with Crippen LogP contribution in [0.4, 0.5) is 5.69 Å². The lowest BCUT2D eigenvalue weighted by atomic mass is 10.1. The van der Waals surface area contributed by atoms with Crippen LogP contribution in [0.1, 0.15) is 15.9 Å². The van der Waals surface area contributed by atoms with Gasteiger partial charge in [0.05, 0.1) is 19.7 Å². The predicted molar refractivity (Wildman–Crippen MR) is 142 cm³/mol.